The monoisotopic (exact) mass is 234 g/mol. The number of piperidine rings is 1. The molecule has 2 rings (SSSR count). The minimum Gasteiger partial charge on any atom is -0.399 e. The van der Waals surface area contributed by atoms with Gasteiger partial charge in [-0.15, -0.1) is 0 Å². The number of nitrogens with zero attached hydrogens (tertiary/aromatic N) is 1. The molecule has 17 heavy (non-hydrogen) atoms. The highest BCUT2D eigenvalue weighted by Gasteiger charge is 2.19. The molecule has 0 bridgehead atoms. The summed E-state index contributed by atoms with van der Waals surface area (Å²) in [5, 5.41) is 0. The number of methoxy groups -OCH3 is 1. The Morgan fingerprint density at radius 1 is 1.47 bits per heavy atom. The summed E-state index contributed by atoms with van der Waals surface area (Å²) in [5.74, 6) is 0. The molecule has 0 saturated carbocycles. The van der Waals surface area contributed by atoms with Crippen molar-refractivity contribution in [2.45, 2.75) is 32.4 Å². The standard InChI is InChI=1S/C14H22N2O/c1-11-8-12(5-6-14(11)15)9-16-7-3-4-13(10-16)17-2/h5-6,8,13H,3-4,7,9-10,15H2,1-2H3. The molecular formula is C14H22N2O. The fourth-order valence-electron chi connectivity index (χ4n) is 2.44. The number of ether oxygens (including phenoxy) is 1. The quantitative estimate of drug-likeness (QED) is 0.815. The van der Waals surface area contributed by atoms with Crippen LogP contribution in [-0.2, 0) is 11.3 Å². The van der Waals surface area contributed by atoms with Crippen molar-refractivity contribution in [1.82, 2.24) is 4.90 Å². The Morgan fingerprint density at radius 2 is 2.29 bits per heavy atom. The van der Waals surface area contributed by atoms with Gasteiger partial charge in [0.1, 0.15) is 0 Å². The number of likely N-dealkylation sites (tertiary alicyclic amines) is 1. The van der Waals surface area contributed by atoms with Crippen molar-refractivity contribution in [3.63, 3.8) is 0 Å². The maximum atomic E-state index is 5.83. The number of hydrogen-bond acceptors (Lipinski definition) is 3. The highest BCUT2D eigenvalue weighted by molar-refractivity contribution is 5.47. The third kappa shape index (κ3) is 3.20. The van der Waals surface area contributed by atoms with Crippen LogP contribution in [0.5, 0.6) is 0 Å². The molecule has 1 aliphatic rings. The van der Waals surface area contributed by atoms with E-state index in [1.165, 1.54) is 30.5 Å². The average molecular weight is 234 g/mol. The topological polar surface area (TPSA) is 38.5 Å². The Labute approximate surface area is 104 Å². The van der Waals surface area contributed by atoms with Gasteiger partial charge in [-0.2, -0.15) is 0 Å². The minimum absolute atomic E-state index is 0.402. The van der Waals surface area contributed by atoms with Crippen molar-refractivity contribution in [1.29, 1.82) is 0 Å². The third-order valence-electron chi connectivity index (χ3n) is 3.54. The molecule has 0 radical (unpaired) electrons. The van der Waals surface area contributed by atoms with Gasteiger partial charge in [0, 0.05) is 25.9 Å². The van der Waals surface area contributed by atoms with E-state index in [1.807, 2.05) is 13.2 Å². The lowest BCUT2D eigenvalue weighted by Gasteiger charge is -2.31. The van der Waals surface area contributed by atoms with Crippen LogP contribution in [0.2, 0.25) is 0 Å². The maximum absolute atomic E-state index is 5.83. The Morgan fingerprint density at radius 3 is 3.00 bits per heavy atom. The lowest BCUT2D eigenvalue weighted by atomic mass is 10.1. The van der Waals surface area contributed by atoms with Gasteiger partial charge in [0.25, 0.3) is 0 Å². The van der Waals surface area contributed by atoms with Crippen molar-refractivity contribution in [3.8, 4) is 0 Å². The molecule has 2 N–H and O–H groups in total. The van der Waals surface area contributed by atoms with Crippen molar-refractivity contribution in [2.24, 2.45) is 0 Å². The van der Waals surface area contributed by atoms with Gasteiger partial charge in [0.15, 0.2) is 0 Å². The Kier molecular flexibility index (Phi) is 4.02. The van der Waals surface area contributed by atoms with Crippen LogP contribution in [0.25, 0.3) is 0 Å². The Bertz CT molecular complexity index is 378. The number of aryl methyl sites for hydroxylation is 1. The van der Waals surface area contributed by atoms with E-state index < -0.39 is 0 Å². The molecule has 1 aromatic rings. The zero-order valence-electron chi connectivity index (χ0n) is 10.8. The Balaban J connectivity index is 1.97. The summed E-state index contributed by atoms with van der Waals surface area (Å²) in [6.07, 6.45) is 2.82. The van der Waals surface area contributed by atoms with Gasteiger partial charge in [-0.3, -0.25) is 4.90 Å². The average Bonchev–Trinajstić information content (AvgIpc) is 2.34. The molecule has 1 atom stereocenters. The third-order valence-corrected chi connectivity index (χ3v) is 3.54. The number of nitrogen functional groups attached to an aromatic ring is 1. The largest absolute Gasteiger partial charge is 0.399 e. The van der Waals surface area contributed by atoms with Gasteiger partial charge < -0.3 is 10.5 Å². The second-order valence-corrected chi connectivity index (χ2v) is 4.93. The summed E-state index contributed by atoms with van der Waals surface area (Å²) in [7, 11) is 1.81. The number of benzene rings is 1. The van der Waals surface area contributed by atoms with Crippen LogP contribution in [-0.4, -0.2) is 31.2 Å². The fourth-order valence-corrected chi connectivity index (χ4v) is 2.44. The molecule has 0 amide bonds. The second kappa shape index (κ2) is 5.52. The van der Waals surface area contributed by atoms with Gasteiger partial charge in [-0.1, -0.05) is 12.1 Å². The van der Waals surface area contributed by atoms with Crippen molar-refractivity contribution < 1.29 is 4.74 Å². The van der Waals surface area contributed by atoms with Gasteiger partial charge in [-0.05, 0) is 43.5 Å². The summed E-state index contributed by atoms with van der Waals surface area (Å²) >= 11 is 0. The number of anilines is 1. The summed E-state index contributed by atoms with van der Waals surface area (Å²) in [6.45, 7) is 5.27. The van der Waals surface area contributed by atoms with Gasteiger partial charge in [0.2, 0.25) is 0 Å². The van der Waals surface area contributed by atoms with E-state index in [9.17, 15) is 0 Å². The van der Waals surface area contributed by atoms with E-state index in [2.05, 4.69) is 24.0 Å². The normalized spacial score (nSPS) is 21.6. The number of hydrogen-bond donors (Lipinski definition) is 1. The lowest BCUT2D eigenvalue weighted by molar-refractivity contribution is 0.0285. The second-order valence-electron chi connectivity index (χ2n) is 4.93. The van der Waals surface area contributed by atoms with Crippen LogP contribution in [0.15, 0.2) is 18.2 Å². The first-order valence-corrected chi connectivity index (χ1v) is 6.29. The molecule has 0 aliphatic carbocycles. The maximum Gasteiger partial charge on any atom is 0.0698 e. The predicted octanol–water partition coefficient (Wildman–Crippen LogP) is 2.19. The molecule has 0 spiro atoms. The summed E-state index contributed by atoms with van der Waals surface area (Å²) < 4.78 is 5.44. The zero-order valence-corrected chi connectivity index (χ0v) is 10.8. The zero-order chi connectivity index (χ0) is 12.3. The minimum atomic E-state index is 0.402. The predicted molar refractivity (Wildman–Crippen MR) is 70.9 cm³/mol. The molecule has 94 valence electrons. The van der Waals surface area contributed by atoms with Crippen molar-refractivity contribution >= 4 is 5.69 Å². The molecule has 1 heterocycles. The molecule has 3 heteroatoms. The smallest absolute Gasteiger partial charge is 0.0698 e. The summed E-state index contributed by atoms with van der Waals surface area (Å²) in [4.78, 5) is 2.46. The van der Waals surface area contributed by atoms with Gasteiger partial charge >= 0.3 is 0 Å². The van der Waals surface area contributed by atoms with E-state index in [-0.39, 0.29) is 0 Å². The van der Waals surface area contributed by atoms with Crippen LogP contribution < -0.4 is 5.73 Å². The Hall–Kier alpha value is -1.06. The molecule has 1 unspecified atom stereocenters. The van der Waals surface area contributed by atoms with E-state index in [0.29, 0.717) is 6.10 Å². The van der Waals surface area contributed by atoms with Crippen molar-refractivity contribution in [3.05, 3.63) is 29.3 Å². The van der Waals surface area contributed by atoms with E-state index in [0.717, 1.165) is 18.8 Å². The van der Waals surface area contributed by atoms with Crippen LogP contribution in [0.4, 0.5) is 5.69 Å². The molecule has 1 fully saturated rings. The molecular weight excluding hydrogens is 212 g/mol. The van der Waals surface area contributed by atoms with E-state index in [1.54, 1.807) is 0 Å². The van der Waals surface area contributed by atoms with Crippen LogP contribution in [0.3, 0.4) is 0 Å². The van der Waals surface area contributed by atoms with E-state index in [4.69, 9.17) is 10.5 Å². The van der Waals surface area contributed by atoms with Crippen molar-refractivity contribution in [2.75, 3.05) is 25.9 Å². The summed E-state index contributed by atoms with van der Waals surface area (Å²) in [6, 6.07) is 6.31. The molecule has 1 aromatic carbocycles. The lowest BCUT2D eigenvalue weighted by Crippen LogP contribution is -2.38. The molecule has 3 nitrogen and oxygen atoms in total. The molecule has 1 saturated heterocycles. The van der Waals surface area contributed by atoms with Crippen LogP contribution in [0, 0.1) is 6.92 Å². The molecule has 0 aromatic heterocycles. The van der Waals surface area contributed by atoms with Crippen LogP contribution >= 0.6 is 0 Å². The van der Waals surface area contributed by atoms with Crippen LogP contribution in [0.1, 0.15) is 24.0 Å². The first-order chi connectivity index (χ1) is 8.19. The highest BCUT2D eigenvalue weighted by atomic mass is 16.5. The van der Waals surface area contributed by atoms with E-state index >= 15 is 0 Å². The first kappa shape index (κ1) is 12.4. The number of rotatable bonds is 3. The van der Waals surface area contributed by atoms with Gasteiger partial charge in [-0.25, -0.2) is 0 Å². The number of nitrogens with two attached hydrogens (primary N) is 1. The summed E-state index contributed by atoms with van der Waals surface area (Å²) in [5.41, 5.74) is 9.22. The SMILES string of the molecule is COC1CCCN(Cc2ccc(N)c(C)c2)C1. The highest BCUT2D eigenvalue weighted by Crippen LogP contribution is 2.18. The molecule has 1 aliphatic heterocycles. The first-order valence-electron chi connectivity index (χ1n) is 6.29. The fraction of sp³-hybridized carbons (Fsp3) is 0.571. The van der Waals surface area contributed by atoms with Gasteiger partial charge in [0.05, 0.1) is 6.10 Å².